The van der Waals surface area contributed by atoms with E-state index in [-0.39, 0.29) is 5.69 Å². The lowest BCUT2D eigenvalue weighted by Gasteiger charge is -2.14. The summed E-state index contributed by atoms with van der Waals surface area (Å²) in [6.07, 6.45) is 0. The number of hydrogen-bond acceptors (Lipinski definition) is 4. The van der Waals surface area contributed by atoms with Crippen molar-refractivity contribution in [2.75, 3.05) is 23.2 Å². The van der Waals surface area contributed by atoms with Crippen molar-refractivity contribution in [3.8, 4) is 5.75 Å². The molecule has 0 saturated carbocycles. The van der Waals surface area contributed by atoms with Crippen LogP contribution in [0.3, 0.4) is 0 Å². The maximum atomic E-state index is 13.2. The van der Waals surface area contributed by atoms with E-state index in [2.05, 4.69) is 16.1 Å². The number of carbonyl (C=O) groups is 3. The molecule has 4 rings (SSSR count). The lowest BCUT2D eigenvalue weighted by atomic mass is 10.2. The van der Waals surface area contributed by atoms with Crippen LogP contribution in [-0.2, 0) is 9.59 Å². The molecule has 11 heteroatoms. The third-order valence-electron chi connectivity index (χ3n) is 4.86. The van der Waals surface area contributed by atoms with Crippen LogP contribution < -0.4 is 20.8 Å². The second-order valence-electron chi connectivity index (χ2n) is 7.28. The molecule has 3 amide bonds. The molecule has 0 bridgehead atoms. The van der Waals surface area contributed by atoms with Gasteiger partial charge in [0.2, 0.25) is 0 Å². The van der Waals surface area contributed by atoms with E-state index < -0.39 is 17.7 Å². The number of methoxy groups -OCH3 is 1. The number of anilines is 2. The van der Waals surface area contributed by atoms with Crippen LogP contribution in [0.2, 0.25) is 15.1 Å². The lowest BCUT2D eigenvalue weighted by Crippen LogP contribution is -2.36. The molecule has 0 radical (unpaired) electrons. The van der Waals surface area contributed by atoms with Crippen molar-refractivity contribution in [2.24, 2.45) is 0 Å². The minimum absolute atomic E-state index is 0.0319. The highest BCUT2D eigenvalue weighted by Crippen LogP contribution is 2.29. The fraction of sp³-hybridized carbons (Fsp3) is 0.0417. The second kappa shape index (κ2) is 10.3. The number of nitrogens with one attached hydrogen (secondary N) is 3. The number of hydrogen-bond donors (Lipinski definition) is 3. The molecule has 4 aromatic rings. The van der Waals surface area contributed by atoms with E-state index in [4.69, 9.17) is 39.5 Å². The van der Waals surface area contributed by atoms with E-state index in [9.17, 15) is 14.4 Å². The molecule has 3 aromatic carbocycles. The van der Waals surface area contributed by atoms with Crippen LogP contribution >= 0.6 is 34.8 Å². The van der Waals surface area contributed by atoms with Gasteiger partial charge in [0.1, 0.15) is 17.0 Å². The number of nitrogens with zero attached hydrogens (tertiary/aromatic N) is 1. The van der Waals surface area contributed by atoms with Gasteiger partial charge >= 0.3 is 11.8 Å². The molecule has 1 heterocycles. The van der Waals surface area contributed by atoms with Crippen LogP contribution in [0.25, 0.3) is 10.9 Å². The topological polar surface area (TPSA) is 101 Å². The Bertz CT molecular complexity index is 1450. The summed E-state index contributed by atoms with van der Waals surface area (Å²) >= 11 is 18.0. The molecule has 35 heavy (non-hydrogen) atoms. The molecular weight excluding hydrogens is 515 g/mol. The Morgan fingerprint density at radius 3 is 2.14 bits per heavy atom. The van der Waals surface area contributed by atoms with Gasteiger partial charge < -0.3 is 15.4 Å². The van der Waals surface area contributed by atoms with Gasteiger partial charge in [-0.2, -0.15) is 0 Å². The number of amides is 3. The lowest BCUT2D eigenvalue weighted by molar-refractivity contribution is -0.133. The normalized spacial score (nSPS) is 10.6. The van der Waals surface area contributed by atoms with E-state index in [1.807, 2.05) is 0 Å². The number of benzene rings is 3. The Labute approximate surface area is 214 Å². The van der Waals surface area contributed by atoms with Crippen LogP contribution in [-0.4, -0.2) is 29.5 Å². The number of rotatable bonds is 5. The van der Waals surface area contributed by atoms with Crippen LogP contribution in [0.1, 0.15) is 10.5 Å². The summed E-state index contributed by atoms with van der Waals surface area (Å²) in [5, 5.41) is 6.81. The van der Waals surface area contributed by atoms with Crippen molar-refractivity contribution >= 4 is 74.8 Å². The Morgan fingerprint density at radius 2 is 1.46 bits per heavy atom. The van der Waals surface area contributed by atoms with E-state index in [0.717, 1.165) is 0 Å². The van der Waals surface area contributed by atoms with Crippen LogP contribution in [0.4, 0.5) is 11.4 Å². The molecule has 0 unspecified atom stereocenters. The molecule has 3 N–H and O–H groups in total. The largest absolute Gasteiger partial charge is 0.494 e. The highest BCUT2D eigenvalue weighted by Gasteiger charge is 2.23. The van der Waals surface area contributed by atoms with Crippen molar-refractivity contribution in [3.05, 3.63) is 87.5 Å². The fourth-order valence-electron chi connectivity index (χ4n) is 3.40. The van der Waals surface area contributed by atoms with Crippen LogP contribution in [0.5, 0.6) is 5.75 Å². The number of halogens is 3. The van der Waals surface area contributed by atoms with E-state index in [0.29, 0.717) is 43.1 Å². The maximum absolute atomic E-state index is 13.2. The Kier molecular flexibility index (Phi) is 7.16. The van der Waals surface area contributed by atoms with Gasteiger partial charge in [0, 0.05) is 31.8 Å². The zero-order valence-electron chi connectivity index (χ0n) is 18.1. The van der Waals surface area contributed by atoms with Gasteiger partial charge in [-0.05, 0) is 48.5 Å². The zero-order valence-corrected chi connectivity index (χ0v) is 20.3. The molecule has 0 spiro atoms. The summed E-state index contributed by atoms with van der Waals surface area (Å²) in [7, 11) is 1.45. The molecule has 0 aliphatic carbocycles. The minimum Gasteiger partial charge on any atom is -0.494 e. The number of aromatic nitrogens is 1. The number of carbonyl (C=O) groups excluding carboxylic acids is 3. The Morgan fingerprint density at radius 1 is 0.771 bits per heavy atom. The third kappa shape index (κ3) is 5.51. The maximum Gasteiger partial charge on any atom is 0.328 e. The summed E-state index contributed by atoms with van der Waals surface area (Å²) in [4.78, 5) is 38.5. The third-order valence-corrected chi connectivity index (χ3v) is 5.53. The first-order valence-corrected chi connectivity index (χ1v) is 11.2. The highest BCUT2D eigenvalue weighted by molar-refractivity contribution is 6.42. The van der Waals surface area contributed by atoms with Gasteiger partial charge in [0.05, 0.1) is 7.11 Å². The SMILES string of the molecule is COc1cccc2cc(C(=O)Nc3cc(Cl)cc(Cl)c3)n(NC(=O)C(=O)Nc3cccc(Cl)c3)c12. The first kappa shape index (κ1) is 24.4. The van der Waals surface area contributed by atoms with Gasteiger partial charge in [-0.25, -0.2) is 4.68 Å². The Balaban J connectivity index is 1.68. The first-order valence-electron chi connectivity index (χ1n) is 10.1. The van der Waals surface area contributed by atoms with Crippen molar-refractivity contribution in [3.63, 3.8) is 0 Å². The number of para-hydroxylation sites is 1. The van der Waals surface area contributed by atoms with Gasteiger partial charge in [-0.3, -0.25) is 19.8 Å². The molecule has 0 fully saturated rings. The predicted octanol–water partition coefficient (Wildman–Crippen LogP) is 5.57. The summed E-state index contributed by atoms with van der Waals surface area (Å²) in [5.74, 6) is -2.19. The summed E-state index contributed by atoms with van der Waals surface area (Å²) in [6, 6.07) is 17.6. The van der Waals surface area contributed by atoms with Gasteiger partial charge in [-0.1, -0.05) is 53.0 Å². The van der Waals surface area contributed by atoms with Crippen molar-refractivity contribution in [1.82, 2.24) is 4.68 Å². The zero-order chi connectivity index (χ0) is 25.1. The summed E-state index contributed by atoms with van der Waals surface area (Å²) in [6.45, 7) is 0. The van der Waals surface area contributed by atoms with Crippen LogP contribution in [0.15, 0.2) is 66.7 Å². The molecule has 178 valence electrons. The monoisotopic (exact) mass is 530 g/mol. The Hall–Kier alpha value is -3.72. The van der Waals surface area contributed by atoms with Gasteiger partial charge in [0.25, 0.3) is 5.91 Å². The summed E-state index contributed by atoms with van der Waals surface area (Å²) in [5.41, 5.74) is 3.57. The standard InChI is InChI=1S/C24H17Cl3N4O4/c1-35-20-7-2-4-13-8-19(22(32)29-18-11-15(26)9-16(27)12-18)31(21(13)20)30-24(34)23(33)28-17-6-3-5-14(25)10-17/h2-12H,1H3,(H,28,33)(H,29,32)(H,30,34). The molecule has 0 atom stereocenters. The second-order valence-corrected chi connectivity index (χ2v) is 8.59. The predicted molar refractivity (Wildman–Crippen MR) is 137 cm³/mol. The molecule has 0 saturated heterocycles. The van der Waals surface area contributed by atoms with Crippen molar-refractivity contribution < 1.29 is 19.1 Å². The van der Waals surface area contributed by atoms with Gasteiger partial charge in [0.15, 0.2) is 0 Å². The number of fused-ring (bicyclic) bond motifs is 1. The molecule has 0 aliphatic heterocycles. The quantitative estimate of drug-likeness (QED) is 0.293. The molecule has 0 aliphatic rings. The van der Waals surface area contributed by atoms with Crippen molar-refractivity contribution in [2.45, 2.75) is 0 Å². The van der Waals surface area contributed by atoms with Gasteiger partial charge in [-0.15, -0.1) is 0 Å². The number of ether oxygens (including phenoxy) is 1. The van der Waals surface area contributed by atoms with E-state index >= 15 is 0 Å². The minimum atomic E-state index is -1.02. The van der Waals surface area contributed by atoms with E-state index in [1.165, 1.54) is 36.1 Å². The molecular formula is C24H17Cl3N4O4. The highest BCUT2D eigenvalue weighted by atomic mass is 35.5. The summed E-state index contributed by atoms with van der Waals surface area (Å²) < 4.78 is 6.60. The van der Waals surface area contributed by atoms with E-state index in [1.54, 1.807) is 42.5 Å². The molecule has 8 nitrogen and oxygen atoms in total. The average Bonchev–Trinajstić information content (AvgIpc) is 3.17. The first-order chi connectivity index (χ1) is 16.7. The molecule has 1 aromatic heterocycles. The average molecular weight is 532 g/mol. The fourth-order valence-corrected chi connectivity index (χ4v) is 4.12. The van der Waals surface area contributed by atoms with Crippen LogP contribution in [0, 0.1) is 0 Å². The van der Waals surface area contributed by atoms with Crippen molar-refractivity contribution in [1.29, 1.82) is 0 Å². The smallest absolute Gasteiger partial charge is 0.328 e.